The van der Waals surface area contributed by atoms with Gasteiger partial charge >= 0.3 is 5.97 Å². The van der Waals surface area contributed by atoms with Crippen molar-refractivity contribution >= 4 is 5.97 Å². The van der Waals surface area contributed by atoms with Gasteiger partial charge in [-0.15, -0.1) is 0 Å². The lowest BCUT2D eigenvalue weighted by atomic mass is 9.81. The van der Waals surface area contributed by atoms with Crippen LogP contribution in [-0.2, 0) is 44.4 Å². The summed E-state index contributed by atoms with van der Waals surface area (Å²) in [6.07, 6.45) is 3.51. The lowest BCUT2D eigenvalue weighted by Gasteiger charge is -2.25. The van der Waals surface area contributed by atoms with Crippen LogP contribution in [-0.4, -0.2) is 29.4 Å². The minimum Gasteiger partial charge on any atom is -0.507 e. The number of carbonyl (C=O) groups excluding carboxylic acids is 1. The molecule has 0 atom stereocenters. The molecule has 37 heavy (non-hydrogen) atoms. The summed E-state index contributed by atoms with van der Waals surface area (Å²) in [5.74, 6) is 0.984. The summed E-state index contributed by atoms with van der Waals surface area (Å²) >= 11 is 0. The van der Waals surface area contributed by atoms with E-state index in [-0.39, 0.29) is 28.3 Å². The molecule has 0 aliphatic heterocycles. The van der Waals surface area contributed by atoms with Crippen molar-refractivity contribution in [3.63, 3.8) is 0 Å². The predicted molar refractivity (Wildman–Crippen MR) is 150 cm³/mol. The van der Waals surface area contributed by atoms with Crippen molar-refractivity contribution in [3.05, 3.63) is 70.0 Å². The van der Waals surface area contributed by atoms with Gasteiger partial charge in [-0.3, -0.25) is 4.79 Å². The number of aryl methyl sites for hydroxylation is 2. The van der Waals surface area contributed by atoms with Gasteiger partial charge in [0.05, 0.1) is 19.0 Å². The molecule has 0 aliphatic rings. The van der Waals surface area contributed by atoms with Gasteiger partial charge in [-0.1, -0.05) is 72.4 Å². The molecule has 0 fully saturated rings. The fourth-order valence-electron chi connectivity index (χ4n) is 4.44. The molecule has 204 valence electrons. The molecule has 0 bridgehead atoms. The number of aromatic hydroxyl groups is 2. The molecule has 0 heterocycles. The second kappa shape index (κ2) is 12.5. The maximum atomic E-state index is 11.3. The molecule has 0 radical (unpaired) electrons. The summed E-state index contributed by atoms with van der Waals surface area (Å²) < 4.78 is 10.6. The number of phenolic OH excluding ortho intramolecular Hbond substituents is 2. The lowest BCUT2D eigenvalue weighted by Crippen LogP contribution is -2.14. The summed E-state index contributed by atoms with van der Waals surface area (Å²) in [5, 5.41) is 22.6. The molecule has 5 heteroatoms. The maximum Gasteiger partial charge on any atom is 0.302 e. The number of phenols is 2. The van der Waals surface area contributed by atoms with Crippen molar-refractivity contribution in [2.75, 3.05) is 13.2 Å². The highest BCUT2D eigenvalue weighted by molar-refractivity contribution is 5.65. The molecule has 2 aromatic carbocycles. The van der Waals surface area contributed by atoms with Crippen molar-refractivity contribution in [1.82, 2.24) is 0 Å². The van der Waals surface area contributed by atoms with Gasteiger partial charge in [0.25, 0.3) is 0 Å². The monoisotopic (exact) mass is 510 g/mol. The number of allylic oxidation sites excluding steroid dienone is 1. The Hall–Kier alpha value is -2.95. The number of esters is 1. The van der Waals surface area contributed by atoms with Crippen molar-refractivity contribution in [2.24, 2.45) is 0 Å². The van der Waals surface area contributed by atoms with Crippen LogP contribution < -0.4 is 0 Å². The van der Waals surface area contributed by atoms with Gasteiger partial charge < -0.3 is 19.7 Å². The molecular formula is C32H46O5. The van der Waals surface area contributed by atoms with Crippen LogP contribution in [0.5, 0.6) is 11.5 Å². The summed E-state index contributed by atoms with van der Waals surface area (Å²) in [7, 11) is 0. The van der Waals surface area contributed by atoms with Crippen molar-refractivity contribution in [2.45, 2.75) is 98.3 Å². The molecular weight excluding hydrogens is 464 g/mol. The van der Waals surface area contributed by atoms with E-state index < -0.39 is 0 Å². The molecule has 0 aromatic heterocycles. The zero-order valence-corrected chi connectivity index (χ0v) is 24.1. The fraction of sp³-hybridized carbons (Fsp3) is 0.531. The largest absolute Gasteiger partial charge is 0.507 e. The van der Waals surface area contributed by atoms with Gasteiger partial charge in [-0.25, -0.2) is 0 Å². The van der Waals surface area contributed by atoms with E-state index in [0.29, 0.717) is 31.8 Å². The molecule has 0 saturated heterocycles. The molecule has 2 aromatic rings. The average Bonchev–Trinajstić information content (AvgIpc) is 2.76. The van der Waals surface area contributed by atoms with Gasteiger partial charge in [0.1, 0.15) is 11.5 Å². The number of hydrogen-bond donors (Lipinski definition) is 2. The Labute approximate surface area is 223 Å². The second-order valence-electron chi connectivity index (χ2n) is 12.1. The first-order valence-electron chi connectivity index (χ1n) is 13.2. The van der Waals surface area contributed by atoms with Gasteiger partial charge in [0, 0.05) is 13.3 Å². The molecule has 0 amide bonds. The molecule has 0 spiro atoms. The van der Waals surface area contributed by atoms with E-state index in [2.05, 4.69) is 60.3 Å². The van der Waals surface area contributed by atoms with Crippen LogP contribution in [0.3, 0.4) is 0 Å². The average molecular weight is 511 g/mol. The van der Waals surface area contributed by atoms with Crippen LogP contribution in [0.1, 0.15) is 102 Å². The first-order chi connectivity index (χ1) is 17.1. The maximum absolute atomic E-state index is 11.3. The standard InChI is InChI=1S/C32H46O5/c1-21(2)36-14-10-12-23-16-25(29(34)27(18-23)31(4,5)6)20-26-17-24(13-11-15-37-22(3)33)19-28(30(26)35)32(7,8)9/h16-19,34-35H,1,10-15,20H2,2-9H3. The minimum atomic E-state index is -0.280. The Bertz CT molecular complexity index is 1010. The van der Waals surface area contributed by atoms with Crippen molar-refractivity contribution < 1.29 is 24.5 Å². The molecule has 0 saturated carbocycles. The van der Waals surface area contributed by atoms with Crippen LogP contribution in [0, 0.1) is 0 Å². The Balaban J connectivity index is 2.46. The van der Waals surface area contributed by atoms with Crippen LogP contribution in [0.4, 0.5) is 0 Å². The highest BCUT2D eigenvalue weighted by Gasteiger charge is 2.25. The fourth-order valence-corrected chi connectivity index (χ4v) is 4.44. The number of rotatable bonds is 11. The smallest absolute Gasteiger partial charge is 0.302 e. The number of hydrogen-bond acceptors (Lipinski definition) is 5. The van der Waals surface area contributed by atoms with E-state index in [0.717, 1.165) is 52.6 Å². The molecule has 5 nitrogen and oxygen atoms in total. The summed E-state index contributed by atoms with van der Waals surface area (Å²) in [4.78, 5) is 11.1. The first-order valence-corrected chi connectivity index (χ1v) is 13.2. The van der Waals surface area contributed by atoms with E-state index >= 15 is 0 Å². The Morgan fingerprint density at radius 2 is 1.16 bits per heavy atom. The highest BCUT2D eigenvalue weighted by Crippen LogP contribution is 2.39. The quantitative estimate of drug-likeness (QED) is 0.189. The predicted octanol–water partition coefficient (Wildman–Crippen LogP) is 7.26. The lowest BCUT2D eigenvalue weighted by molar-refractivity contribution is -0.141. The first kappa shape index (κ1) is 30.3. The number of benzene rings is 2. The third kappa shape index (κ3) is 9.14. The van der Waals surface area contributed by atoms with E-state index in [1.807, 2.05) is 19.1 Å². The summed E-state index contributed by atoms with van der Waals surface area (Å²) in [5.41, 5.74) is 5.08. The van der Waals surface area contributed by atoms with E-state index in [9.17, 15) is 15.0 Å². The van der Waals surface area contributed by atoms with E-state index in [1.54, 1.807) is 0 Å². The molecule has 2 rings (SSSR count). The zero-order chi connectivity index (χ0) is 28.0. The van der Waals surface area contributed by atoms with Gasteiger partial charge in [-0.05, 0) is 76.8 Å². The molecule has 2 N–H and O–H groups in total. The summed E-state index contributed by atoms with van der Waals surface area (Å²) in [6, 6.07) is 8.20. The van der Waals surface area contributed by atoms with Crippen LogP contribution >= 0.6 is 0 Å². The van der Waals surface area contributed by atoms with Crippen LogP contribution in [0.25, 0.3) is 0 Å². The van der Waals surface area contributed by atoms with Gasteiger partial charge in [0.2, 0.25) is 0 Å². The Morgan fingerprint density at radius 3 is 1.51 bits per heavy atom. The molecule has 0 aliphatic carbocycles. The van der Waals surface area contributed by atoms with Crippen LogP contribution in [0.2, 0.25) is 0 Å². The zero-order valence-electron chi connectivity index (χ0n) is 24.1. The third-order valence-corrected chi connectivity index (χ3v) is 6.37. The van der Waals surface area contributed by atoms with E-state index in [4.69, 9.17) is 9.47 Å². The van der Waals surface area contributed by atoms with Gasteiger partial charge in [-0.2, -0.15) is 0 Å². The third-order valence-electron chi connectivity index (χ3n) is 6.37. The second-order valence-corrected chi connectivity index (χ2v) is 12.1. The van der Waals surface area contributed by atoms with Gasteiger partial charge in [0.15, 0.2) is 0 Å². The topological polar surface area (TPSA) is 76.0 Å². The highest BCUT2D eigenvalue weighted by atomic mass is 16.5. The van der Waals surface area contributed by atoms with Crippen molar-refractivity contribution in [3.8, 4) is 11.5 Å². The number of carbonyl (C=O) groups is 1. The van der Waals surface area contributed by atoms with Crippen LogP contribution in [0.15, 0.2) is 36.6 Å². The normalized spacial score (nSPS) is 11.9. The Kier molecular flexibility index (Phi) is 10.3. The minimum absolute atomic E-state index is 0.236. The summed E-state index contributed by atoms with van der Waals surface area (Å²) in [6.45, 7) is 20.5. The Morgan fingerprint density at radius 1 is 0.757 bits per heavy atom. The van der Waals surface area contributed by atoms with E-state index in [1.165, 1.54) is 6.92 Å². The van der Waals surface area contributed by atoms with Crippen molar-refractivity contribution in [1.29, 1.82) is 0 Å². The molecule has 0 unspecified atom stereocenters. The SMILES string of the molecule is C=C(C)OCCCc1cc(Cc2cc(CCCOC(C)=O)cc(C(C)(C)C)c2O)c(O)c(C(C)(C)C)c1. The number of ether oxygens (including phenoxy) is 2.